The normalized spacial score (nSPS) is 13.9. The second-order valence-corrected chi connectivity index (χ2v) is 3.76. The summed E-state index contributed by atoms with van der Waals surface area (Å²) in [4.78, 5) is 7.83. The number of aliphatic hydroxyl groups is 2. The predicted molar refractivity (Wildman–Crippen MR) is 62.6 cm³/mol. The molecule has 0 aliphatic carbocycles. The summed E-state index contributed by atoms with van der Waals surface area (Å²) >= 11 is 0. The summed E-state index contributed by atoms with van der Waals surface area (Å²) in [5.41, 5.74) is 1.13. The number of hydrazine groups is 1. The zero-order valence-corrected chi connectivity index (χ0v) is 9.77. The topological polar surface area (TPSA) is 126 Å². The molecule has 0 amide bonds. The Hall–Kier alpha value is -1.64. The molecule has 6 N–H and O–H groups in total. The summed E-state index contributed by atoms with van der Waals surface area (Å²) in [6.07, 6.45) is 1.30. The third-order valence-electron chi connectivity index (χ3n) is 2.12. The van der Waals surface area contributed by atoms with Crippen molar-refractivity contribution in [1.29, 1.82) is 0 Å². The molecule has 0 aliphatic rings. The van der Waals surface area contributed by atoms with Crippen molar-refractivity contribution in [3.63, 3.8) is 0 Å². The Bertz CT molecular complexity index is 372. The first kappa shape index (κ1) is 13.4. The summed E-state index contributed by atoms with van der Waals surface area (Å²) in [5.74, 6) is 6.31. The lowest BCUT2D eigenvalue weighted by molar-refractivity contribution is 0.0131. The van der Waals surface area contributed by atoms with E-state index in [1.165, 1.54) is 20.4 Å². The van der Waals surface area contributed by atoms with Crippen LogP contribution in [-0.4, -0.2) is 46.0 Å². The van der Waals surface area contributed by atoms with E-state index >= 15 is 0 Å². The Balaban J connectivity index is 2.84. The van der Waals surface area contributed by atoms with Gasteiger partial charge in [0.2, 0.25) is 5.75 Å². The molecule has 1 atom stereocenters. The maximum atomic E-state index is 9.64. The summed E-state index contributed by atoms with van der Waals surface area (Å²) in [5, 5.41) is 21.4. The fraction of sp³-hybridized carbons (Fsp3) is 0.556. The standard InChI is InChI=1S/C9H17N5O3/c1-9(16,4-15)3-11-7-6(17-2)8(14-10)13-5-12-7/h5,15-16H,3-4,10H2,1-2H3,(H2,11,12,13,14). The molecular weight excluding hydrogens is 226 g/mol. The number of methoxy groups -OCH3 is 1. The summed E-state index contributed by atoms with van der Waals surface area (Å²) in [6, 6.07) is 0. The Labute approximate surface area is 98.8 Å². The van der Waals surface area contributed by atoms with Gasteiger partial charge < -0.3 is 25.7 Å². The van der Waals surface area contributed by atoms with Gasteiger partial charge in [-0.05, 0) is 6.92 Å². The van der Waals surface area contributed by atoms with Crippen LogP contribution >= 0.6 is 0 Å². The molecule has 1 unspecified atom stereocenters. The van der Waals surface area contributed by atoms with Gasteiger partial charge in [0.25, 0.3) is 0 Å². The van der Waals surface area contributed by atoms with Crippen LogP contribution in [0.25, 0.3) is 0 Å². The zero-order chi connectivity index (χ0) is 12.9. The molecule has 0 aromatic carbocycles. The Morgan fingerprint density at radius 2 is 2.12 bits per heavy atom. The maximum absolute atomic E-state index is 9.64. The van der Waals surface area contributed by atoms with Crippen LogP contribution in [0.15, 0.2) is 6.33 Å². The van der Waals surface area contributed by atoms with Crippen LogP contribution in [-0.2, 0) is 0 Å². The van der Waals surface area contributed by atoms with Crippen LogP contribution in [0, 0.1) is 0 Å². The monoisotopic (exact) mass is 243 g/mol. The second-order valence-electron chi connectivity index (χ2n) is 3.76. The van der Waals surface area contributed by atoms with E-state index in [1.54, 1.807) is 0 Å². The highest BCUT2D eigenvalue weighted by molar-refractivity contribution is 5.63. The van der Waals surface area contributed by atoms with Crippen LogP contribution in [0.1, 0.15) is 6.92 Å². The molecule has 0 spiro atoms. The number of anilines is 2. The molecule has 1 heterocycles. The van der Waals surface area contributed by atoms with Gasteiger partial charge in [0, 0.05) is 6.54 Å². The van der Waals surface area contributed by atoms with Gasteiger partial charge in [0.1, 0.15) is 11.9 Å². The minimum atomic E-state index is -1.24. The number of ether oxygens (including phenoxy) is 1. The minimum absolute atomic E-state index is 0.112. The molecule has 1 rings (SSSR count). The van der Waals surface area contributed by atoms with Crippen molar-refractivity contribution < 1.29 is 14.9 Å². The molecule has 0 bridgehead atoms. The van der Waals surface area contributed by atoms with Crippen LogP contribution in [0.3, 0.4) is 0 Å². The number of nitrogens with two attached hydrogens (primary N) is 1. The molecule has 0 fully saturated rings. The molecule has 96 valence electrons. The average Bonchev–Trinajstić information content (AvgIpc) is 2.35. The van der Waals surface area contributed by atoms with E-state index in [-0.39, 0.29) is 13.2 Å². The van der Waals surface area contributed by atoms with Crippen LogP contribution in [0.5, 0.6) is 5.75 Å². The summed E-state index contributed by atoms with van der Waals surface area (Å²) < 4.78 is 5.09. The fourth-order valence-corrected chi connectivity index (χ4v) is 1.13. The van der Waals surface area contributed by atoms with Gasteiger partial charge >= 0.3 is 0 Å². The van der Waals surface area contributed by atoms with Crippen molar-refractivity contribution >= 4 is 11.6 Å². The fourth-order valence-electron chi connectivity index (χ4n) is 1.13. The number of hydrogen-bond acceptors (Lipinski definition) is 8. The highest BCUT2D eigenvalue weighted by Gasteiger charge is 2.20. The molecule has 1 aromatic rings. The van der Waals surface area contributed by atoms with E-state index in [0.29, 0.717) is 17.4 Å². The number of nitrogen functional groups attached to an aromatic ring is 1. The van der Waals surface area contributed by atoms with Crippen molar-refractivity contribution in [2.45, 2.75) is 12.5 Å². The van der Waals surface area contributed by atoms with E-state index in [0.717, 1.165) is 0 Å². The molecule has 8 nitrogen and oxygen atoms in total. The molecule has 0 radical (unpaired) electrons. The van der Waals surface area contributed by atoms with Crippen LogP contribution in [0.2, 0.25) is 0 Å². The highest BCUT2D eigenvalue weighted by atomic mass is 16.5. The first-order valence-electron chi connectivity index (χ1n) is 4.97. The number of nitrogens with zero attached hydrogens (tertiary/aromatic N) is 2. The summed E-state index contributed by atoms with van der Waals surface area (Å²) in [7, 11) is 1.45. The second kappa shape index (κ2) is 5.62. The molecular formula is C9H17N5O3. The minimum Gasteiger partial charge on any atom is -0.490 e. The third-order valence-corrected chi connectivity index (χ3v) is 2.12. The van der Waals surface area contributed by atoms with Gasteiger partial charge in [0.15, 0.2) is 11.6 Å². The molecule has 0 saturated carbocycles. The lowest BCUT2D eigenvalue weighted by Gasteiger charge is -2.21. The van der Waals surface area contributed by atoms with Gasteiger partial charge in [-0.25, -0.2) is 15.8 Å². The molecule has 8 heteroatoms. The lowest BCUT2D eigenvalue weighted by Crippen LogP contribution is -2.37. The number of rotatable bonds is 6. The van der Waals surface area contributed by atoms with Crippen LogP contribution in [0.4, 0.5) is 11.6 Å². The lowest BCUT2D eigenvalue weighted by atomic mass is 10.1. The molecule has 17 heavy (non-hydrogen) atoms. The van der Waals surface area contributed by atoms with Crippen molar-refractivity contribution in [3.05, 3.63) is 6.33 Å². The van der Waals surface area contributed by atoms with Crippen molar-refractivity contribution in [3.8, 4) is 5.75 Å². The molecule has 1 aromatic heterocycles. The van der Waals surface area contributed by atoms with Gasteiger partial charge in [0.05, 0.1) is 13.7 Å². The number of aliphatic hydroxyl groups excluding tert-OH is 1. The van der Waals surface area contributed by atoms with Crippen molar-refractivity contribution in [1.82, 2.24) is 9.97 Å². The van der Waals surface area contributed by atoms with Crippen LogP contribution < -0.4 is 21.3 Å². The van der Waals surface area contributed by atoms with Gasteiger partial charge in [-0.3, -0.25) is 0 Å². The smallest absolute Gasteiger partial charge is 0.205 e. The van der Waals surface area contributed by atoms with Gasteiger partial charge in [-0.15, -0.1) is 0 Å². The van der Waals surface area contributed by atoms with Crippen molar-refractivity contribution in [2.75, 3.05) is 31.0 Å². The first-order chi connectivity index (χ1) is 8.04. The first-order valence-corrected chi connectivity index (χ1v) is 4.97. The number of hydrogen-bond donors (Lipinski definition) is 5. The molecule has 0 aliphatic heterocycles. The van der Waals surface area contributed by atoms with E-state index < -0.39 is 5.60 Å². The van der Waals surface area contributed by atoms with Crippen molar-refractivity contribution in [2.24, 2.45) is 5.84 Å². The number of nitrogens with one attached hydrogen (secondary N) is 2. The largest absolute Gasteiger partial charge is 0.490 e. The number of aromatic nitrogens is 2. The molecule has 0 saturated heterocycles. The van der Waals surface area contributed by atoms with E-state index in [1.807, 2.05) is 0 Å². The quantitative estimate of drug-likeness (QED) is 0.316. The van der Waals surface area contributed by atoms with E-state index in [9.17, 15) is 5.11 Å². The van der Waals surface area contributed by atoms with Gasteiger partial charge in [-0.2, -0.15) is 0 Å². The van der Waals surface area contributed by atoms with E-state index in [2.05, 4.69) is 20.7 Å². The predicted octanol–water partition coefficient (Wildman–Crippen LogP) is -1.07. The van der Waals surface area contributed by atoms with E-state index in [4.69, 9.17) is 15.7 Å². The summed E-state index contributed by atoms with van der Waals surface area (Å²) in [6.45, 7) is 1.24. The average molecular weight is 243 g/mol. The SMILES string of the molecule is COc1c(NN)ncnc1NCC(C)(O)CO. The Kier molecular flexibility index (Phi) is 4.44. The zero-order valence-electron chi connectivity index (χ0n) is 9.77. The third kappa shape index (κ3) is 3.41. The maximum Gasteiger partial charge on any atom is 0.205 e. The highest BCUT2D eigenvalue weighted by Crippen LogP contribution is 2.28. The Morgan fingerprint density at radius 3 is 2.65 bits per heavy atom. The Morgan fingerprint density at radius 1 is 1.47 bits per heavy atom. The van der Waals surface area contributed by atoms with Gasteiger partial charge in [-0.1, -0.05) is 0 Å².